The summed E-state index contributed by atoms with van der Waals surface area (Å²) >= 11 is 1.62. The first-order valence-electron chi connectivity index (χ1n) is 10.9. The molecule has 162 valence electrons. The fourth-order valence-electron chi connectivity index (χ4n) is 4.24. The van der Waals surface area contributed by atoms with Gasteiger partial charge in [-0.25, -0.2) is 4.98 Å². The summed E-state index contributed by atoms with van der Waals surface area (Å²) in [5, 5.41) is 3.50. The van der Waals surface area contributed by atoms with E-state index in [4.69, 9.17) is 9.72 Å². The number of carbonyl (C=O) groups is 2. The highest BCUT2D eigenvalue weighted by Gasteiger charge is 2.29. The molecule has 1 aliphatic rings. The molecule has 5 nitrogen and oxygen atoms in total. The molecule has 6 heteroatoms. The molecular formula is C25H28N2O3S. The van der Waals surface area contributed by atoms with Crippen molar-refractivity contribution in [1.82, 2.24) is 9.88 Å². The summed E-state index contributed by atoms with van der Waals surface area (Å²) in [5.74, 6) is -0.328. The third-order valence-electron chi connectivity index (χ3n) is 5.86. The Labute approximate surface area is 187 Å². The summed E-state index contributed by atoms with van der Waals surface area (Å²) < 4.78 is 5.15. The summed E-state index contributed by atoms with van der Waals surface area (Å²) in [6.45, 7) is 5.33. The molecule has 0 spiro atoms. The van der Waals surface area contributed by atoms with E-state index in [0.717, 1.165) is 34.8 Å². The average molecular weight is 437 g/mol. The van der Waals surface area contributed by atoms with Crippen molar-refractivity contribution in [3.8, 4) is 0 Å². The molecule has 3 aromatic rings. The Morgan fingerprint density at radius 1 is 1.19 bits per heavy atom. The van der Waals surface area contributed by atoms with Crippen molar-refractivity contribution in [3.63, 3.8) is 0 Å². The standard InChI is InChI=1S/C25H28N2O3S/c1-3-30-25(29)20-11-7-13-27(16-20)24(28)15-22-17(2)26-23(31-22)14-19-10-6-9-18-8-4-5-12-21(18)19/h4-6,8-10,12,20H,3,7,11,13-16H2,1-2H3. The Kier molecular flexibility index (Phi) is 6.66. The van der Waals surface area contributed by atoms with Crippen LogP contribution in [0.25, 0.3) is 10.8 Å². The largest absolute Gasteiger partial charge is 0.466 e. The van der Waals surface area contributed by atoms with Gasteiger partial charge in [-0.2, -0.15) is 0 Å². The quantitative estimate of drug-likeness (QED) is 0.532. The Morgan fingerprint density at radius 2 is 2.00 bits per heavy atom. The number of aryl methyl sites for hydroxylation is 1. The molecule has 1 unspecified atom stereocenters. The van der Waals surface area contributed by atoms with Gasteiger partial charge in [-0.1, -0.05) is 42.5 Å². The molecule has 0 aliphatic carbocycles. The summed E-state index contributed by atoms with van der Waals surface area (Å²) in [7, 11) is 0. The van der Waals surface area contributed by atoms with Crippen LogP contribution in [0.1, 0.15) is 40.9 Å². The number of fused-ring (bicyclic) bond motifs is 1. The van der Waals surface area contributed by atoms with Gasteiger partial charge in [0.2, 0.25) is 5.91 Å². The number of amides is 1. The molecule has 1 aliphatic heterocycles. The van der Waals surface area contributed by atoms with Crippen LogP contribution in [0.3, 0.4) is 0 Å². The van der Waals surface area contributed by atoms with Gasteiger partial charge in [-0.05, 0) is 43.0 Å². The van der Waals surface area contributed by atoms with Crippen molar-refractivity contribution in [2.24, 2.45) is 5.92 Å². The van der Waals surface area contributed by atoms with Crippen LogP contribution in [-0.2, 0) is 27.2 Å². The van der Waals surface area contributed by atoms with Crippen molar-refractivity contribution in [3.05, 3.63) is 63.6 Å². The number of hydrogen-bond donors (Lipinski definition) is 0. The van der Waals surface area contributed by atoms with Crippen LogP contribution >= 0.6 is 11.3 Å². The lowest BCUT2D eigenvalue weighted by atomic mass is 9.98. The van der Waals surface area contributed by atoms with Crippen LogP contribution in [0.15, 0.2) is 42.5 Å². The highest BCUT2D eigenvalue weighted by atomic mass is 32.1. The first-order valence-corrected chi connectivity index (χ1v) is 11.7. The molecule has 2 heterocycles. The van der Waals surface area contributed by atoms with E-state index < -0.39 is 0 Å². The zero-order valence-electron chi connectivity index (χ0n) is 18.1. The molecular weight excluding hydrogens is 408 g/mol. The first-order chi connectivity index (χ1) is 15.0. The summed E-state index contributed by atoms with van der Waals surface area (Å²) in [6, 6.07) is 14.7. The number of aromatic nitrogens is 1. The third-order valence-corrected chi connectivity index (χ3v) is 7.02. The Morgan fingerprint density at radius 3 is 2.84 bits per heavy atom. The van der Waals surface area contributed by atoms with Crippen LogP contribution in [0, 0.1) is 12.8 Å². The van der Waals surface area contributed by atoms with Crippen LogP contribution < -0.4 is 0 Å². The SMILES string of the molecule is CCOC(=O)C1CCCN(C(=O)Cc2sc(Cc3cccc4ccccc34)nc2C)C1. The number of esters is 1. The van der Waals surface area contributed by atoms with Crippen molar-refractivity contribution in [2.45, 2.75) is 39.5 Å². The number of rotatable bonds is 6. The Bertz CT molecular complexity index is 1090. The number of piperidine rings is 1. The second kappa shape index (κ2) is 9.60. The monoisotopic (exact) mass is 436 g/mol. The van der Waals surface area contributed by atoms with Crippen molar-refractivity contribution < 1.29 is 14.3 Å². The van der Waals surface area contributed by atoms with Gasteiger partial charge in [-0.3, -0.25) is 9.59 Å². The van der Waals surface area contributed by atoms with Gasteiger partial charge in [0.1, 0.15) is 0 Å². The number of thiazole rings is 1. The van der Waals surface area contributed by atoms with Crippen molar-refractivity contribution in [2.75, 3.05) is 19.7 Å². The van der Waals surface area contributed by atoms with Gasteiger partial charge < -0.3 is 9.64 Å². The van der Waals surface area contributed by atoms with E-state index in [2.05, 4.69) is 42.5 Å². The third kappa shape index (κ3) is 4.96. The van der Waals surface area contributed by atoms with E-state index in [1.165, 1.54) is 16.3 Å². The van der Waals surface area contributed by atoms with Gasteiger partial charge in [0.05, 0.1) is 29.6 Å². The second-order valence-electron chi connectivity index (χ2n) is 8.04. The molecule has 0 bridgehead atoms. The van der Waals surface area contributed by atoms with Crippen LogP contribution in [0.5, 0.6) is 0 Å². The Balaban J connectivity index is 1.44. The number of benzene rings is 2. The number of ether oxygens (including phenoxy) is 1. The van der Waals surface area contributed by atoms with Crippen LogP contribution in [0.4, 0.5) is 0 Å². The maximum atomic E-state index is 12.9. The molecule has 1 atom stereocenters. The topological polar surface area (TPSA) is 59.5 Å². The van der Waals surface area contributed by atoms with Gasteiger partial charge in [0.15, 0.2) is 0 Å². The van der Waals surface area contributed by atoms with Gasteiger partial charge >= 0.3 is 5.97 Å². The minimum absolute atomic E-state index is 0.0671. The molecule has 1 fully saturated rings. The zero-order valence-corrected chi connectivity index (χ0v) is 18.9. The van der Waals surface area contributed by atoms with E-state index in [-0.39, 0.29) is 17.8 Å². The number of likely N-dealkylation sites (tertiary alicyclic amines) is 1. The highest BCUT2D eigenvalue weighted by molar-refractivity contribution is 7.11. The minimum atomic E-state index is -0.206. The molecule has 1 aromatic heterocycles. The maximum Gasteiger partial charge on any atom is 0.310 e. The molecule has 0 saturated carbocycles. The van der Waals surface area contributed by atoms with Gasteiger partial charge in [0.25, 0.3) is 0 Å². The van der Waals surface area contributed by atoms with Crippen LogP contribution in [0.2, 0.25) is 0 Å². The number of hydrogen-bond acceptors (Lipinski definition) is 5. The van der Waals surface area contributed by atoms with Crippen LogP contribution in [-0.4, -0.2) is 41.5 Å². The normalized spacial score (nSPS) is 16.5. The van der Waals surface area contributed by atoms with E-state index in [1.807, 2.05) is 18.7 Å². The summed E-state index contributed by atoms with van der Waals surface area (Å²) in [5.41, 5.74) is 2.17. The molecule has 31 heavy (non-hydrogen) atoms. The molecule has 0 N–H and O–H groups in total. The predicted octanol–water partition coefficient (Wildman–Crippen LogP) is 4.54. The molecule has 1 saturated heterocycles. The van der Waals surface area contributed by atoms with Gasteiger partial charge in [0, 0.05) is 24.4 Å². The molecule has 4 rings (SSSR count). The second-order valence-corrected chi connectivity index (χ2v) is 9.21. The lowest BCUT2D eigenvalue weighted by molar-refractivity contribution is -0.151. The van der Waals surface area contributed by atoms with E-state index in [1.54, 1.807) is 11.3 Å². The van der Waals surface area contributed by atoms with E-state index >= 15 is 0 Å². The van der Waals surface area contributed by atoms with E-state index in [9.17, 15) is 9.59 Å². The van der Waals surface area contributed by atoms with Gasteiger partial charge in [-0.15, -0.1) is 11.3 Å². The fourth-order valence-corrected chi connectivity index (χ4v) is 5.33. The van der Waals surface area contributed by atoms with Crippen molar-refractivity contribution >= 4 is 34.0 Å². The van der Waals surface area contributed by atoms with Crippen molar-refractivity contribution in [1.29, 1.82) is 0 Å². The minimum Gasteiger partial charge on any atom is -0.466 e. The average Bonchev–Trinajstić information content (AvgIpc) is 3.12. The maximum absolute atomic E-state index is 12.9. The molecule has 1 amide bonds. The van der Waals surface area contributed by atoms with E-state index in [0.29, 0.717) is 26.1 Å². The first kappa shape index (κ1) is 21.5. The highest BCUT2D eigenvalue weighted by Crippen LogP contribution is 2.26. The smallest absolute Gasteiger partial charge is 0.310 e. The zero-order chi connectivity index (χ0) is 21.8. The lowest BCUT2D eigenvalue weighted by Gasteiger charge is -2.31. The Hall–Kier alpha value is -2.73. The predicted molar refractivity (Wildman–Crippen MR) is 123 cm³/mol. The summed E-state index contributed by atoms with van der Waals surface area (Å²) in [6.07, 6.45) is 2.73. The number of nitrogens with zero attached hydrogens (tertiary/aromatic N) is 2. The number of carbonyl (C=O) groups excluding carboxylic acids is 2. The summed E-state index contributed by atoms with van der Waals surface area (Å²) in [4.78, 5) is 32.6. The fraction of sp³-hybridized carbons (Fsp3) is 0.400. The molecule has 0 radical (unpaired) electrons. The molecule has 2 aromatic carbocycles. The lowest BCUT2D eigenvalue weighted by Crippen LogP contribution is -2.43.